The number of aryl methyl sites for hydroxylation is 1. The molecule has 150 valence electrons. The Labute approximate surface area is 172 Å². The number of hydrogen-bond donors (Lipinski definition) is 1. The zero-order valence-electron chi connectivity index (χ0n) is 16.3. The van der Waals surface area contributed by atoms with Crippen molar-refractivity contribution in [1.29, 1.82) is 0 Å². The van der Waals surface area contributed by atoms with Crippen LogP contribution >= 0.6 is 11.3 Å². The number of carbonyl (C=O) groups excluding carboxylic acids is 2. The van der Waals surface area contributed by atoms with Crippen LogP contribution in [0.1, 0.15) is 36.9 Å². The molecule has 0 bridgehead atoms. The molecule has 1 aliphatic heterocycles. The molecule has 4 rings (SSSR count). The predicted octanol–water partition coefficient (Wildman–Crippen LogP) is 3.08. The fraction of sp³-hybridized carbons (Fsp3) is 0.286. The van der Waals surface area contributed by atoms with Gasteiger partial charge >= 0.3 is 5.97 Å². The number of thiophene rings is 1. The van der Waals surface area contributed by atoms with Crippen LogP contribution in [0.25, 0.3) is 0 Å². The van der Waals surface area contributed by atoms with Crippen molar-refractivity contribution in [2.45, 2.75) is 19.5 Å². The maximum Gasteiger partial charge on any atom is 0.341 e. The monoisotopic (exact) mass is 410 g/mol. The van der Waals surface area contributed by atoms with Crippen molar-refractivity contribution in [2.24, 2.45) is 7.05 Å². The third kappa shape index (κ3) is 4.08. The van der Waals surface area contributed by atoms with E-state index >= 15 is 0 Å². The van der Waals surface area contributed by atoms with E-state index in [-0.39, 0.29) is 5.91 Å². The molecule has 0 saturated heterocycles. The number of carbonyl (C=O) groups is 2. The number of ether oxygens (including phenoxy) is 1. The van der Waals surface area contributed by atoms with E-state index in [1.807, 2.05) is 18.2 Å². The number of nitrogens with one attached hydrogen (secondary N) is 1. The molecule has 0 fully saturated rings. The smallest absolute Gasteiger partial charge is 0.341 e. The standard InChI is InChI=1S/C21H22N4O3S/c1-24-10-9-16(23-24)19(26)22-20-18(21(27)28-2)15-8-11-25(13-17(15)29-20)12-14-6-4-3-5-7-14/h3-7,9-10H,8,11-13H2,1-2H3,(H,22,26). The summed E-state index contributed by atoms with van der Waals surface area (Å²) in [5, 5.41) is 7.52. The van der Waals surface area contributed by atoms with Crippen LogP contribution in [0, 0.1) is 0 Å². The van der Waals surface area contributed by atoms with Crippen molar-refractivity contribution in [3.05, 3.63) is 69.9 Å². The van der Waals surface area contributed by atoms with Gasteiger partial charge in [-0.05, 0) is 23.6 Å². The number of hydrogen-bond acceptors (Lipinski definition) is 6. The van der Waals surface area contributed by atoms with Gasteiger partial charge in [-0.3, -0.25) is 14.4 Å². The Hall–Kier alpha value is -2.97. The minimum atomic E-state index is -0.421. The molecule has 0 saturated carbocycles. The van der Waals surface area contributed by atoms with Gasteiger partial charge in [0.1, 0.15) is 5.00 Å². The van der Waals surface area contributed by atoms with Gasteiger partial charge in [0, 0.05) is 37.8 Å². The summed E-state index contributed by atoms with van der Waals surface area (Å²) >= 11 is 1.44. The highest BCUT2D eigenvalue weighted by molar-refractivity contribution is 7.17. The molecule has 0 radical (unpaired) electrons. The molecule has 1 aromatic carbocycles. The Kier molecular flexibility index (Phi) is 5.46. The Bertz CT molecular complexity index is 1040. The van der Waals surface area contributed by atoms with Crippen LogP contribution in [0.15, 0.2) is 42.6 Å². The molecule has 1 aliphatic rings. The van der Waals surface area contributed by atoms with Crippen molar-refractivity contribution in [1.82, 2.24) is 14.7 Å². The molecular weight excluding hydrogens is 388 g/mol. The summed E-state index contributed by atoms with van der Waals surface area (Å²) in [6.07, 6.45) is 2.44. The van der Waals surface area contributed by atoms with Gasteiger partial charge in [-0.15, -0.1) is 11.3 Å². The lowest BCUT2D eigenvalue weighted by atomic mass is 10.0. The predicted molar refractivity (Wildman–Crippen MR) is 111 cm³/mol. The van der Waals surface area contributed by atoms with Crippen molar-refractivity contribution in [3.8, 4) is 0 Å². The Balaban J connectivity index is 1.58. The Morgan fingerprint density at radius 3 is 2.72 bits per heavy atom. The third-order valence-electron chi connectivity index (χ3n) is 4.95. The van der Waals surface area contributed by atoms with E-state index in [1.54, 1.807) is 24.0 Å². The lowest BCUT2D eigenvalue weighted by Gasteiger charge is -2.27. The van der Waals surface area contributed by atoms with Gasteiger partial charge in [-0.1, -0.05) is 30.3 Å². The quantitative estimate of drug-likeness (QED) is 0.654. The largest absolute Gasteiger partial charge is 0.465 e. The van der Waals surface area contributed by atoms with Crippen molar-refractivity contribution < 1.29 is 14.3 Å². The molecule has 2 aromatic heterocycles. The molecule has 0 unspecified atom stereocenters. The van der Waals surface area contributed by atoms with Crippen LogP contribution in [-0.2, 0) is 31.3 Å². The summed E-state index contributed by atoms with van der Waals surface area (Å²) < 4.78 is 6.56. The number of anilines is 1. The molecular formula is C21H22N4O3S. The first-order chi connectivity index (χ1) is 14.0. The Morgan fingerprint density at radius 1 is 1.24 bits per heavy atom. The van der Waals surface area contributed by atoms with Crippen LogP contribution in [0.4, 0.5) is 5.00 Å². The van der Waals surface area contributed by atoms with Gasteiger partial charge in [0.05, 0.1) is 12.7 Å². The SMILES string of the molecule is COC(=O)c1c(NC(=O)c2ccn(C)n2)sc2c1CCN(Cc1ccccc1)C2. The minimum absolute atomic E-state index is 0.306. The van der Waals surface area contributed by atoms with Gasteiger partial charge in [0.2, 0.25) is 0 Å². The number of esters is 1. The van der Waals surface area contributed by atoms with Gasteiger partial charge in [-0.25, -0.2) is 4.79 Å². The van der Waals surface area contributed by atoms with Gasteiger partial charge in [0.25, 0.3) is 5.91 Å². The fourth-order valence-corrected chi connectivity index (χ4v) is 4.82. The number of nitrogens with zero attached hydrogens (tertiary/aromatic N) is 3. The first-order valence-corrected chi connectivity index (χ1v) is 10.2. The van der Waals surface area contributed by atoms with Crippen LogP contribution in [0.2, 0.25) is 0 Å². The average molecular weight is 410 g/mol. The molecule has 0 aliphatic carbocycles. The number of rotatable bonds is 5. The number of fused-ring (bicyclic) bond motifs is 1. The van der Waals surface area contributed by atoms with Gasteiger partial charge in [0.15, 0.2) is 5.69 Å². The minimum Gasteiger partial charge on any atom is -0.465 e. The normalized spacial score (nSPS) is 13.7. The van der Waals surface area contributed by atoms with Crippen molar-refractivity contribution >= 4 is 28.2 Å². The maximum absolute atomic E-state index is 12.6. The summed E-state index contributed by atoms with van der Waals surface area (Å²) in [5.74, 6) is -0.758. The van der Waals surface area contributed by atoms with E-state index in [0.29, 0.717) is 16.3 Å². The number of amides is 1. The molecule has 3 aromatic rings. The van der Waals surface area contributed by atoms with Crippen molar-refractivity contribution in [3.63, 3.8) is 0 Å². The Morgan fingerprint density at radius 2 is 2.03 bits per heavy atom. The van der Waals surface area contributed by atoms with Crippen LogP contribution in [0.5, 0.6) is 0 Å². The van der Waals surface area contributed by atoms with Gasteiger partial charge in [-0.2, -0.15) is 5.10 Å². The second kappa shape index (κ2) is 8.18. The summed E-state index contributed by atoms with van der Waals surface area (Å²) in [6.45, 7) is 2.43. The summed E-state index contributed by atoms with van der Waals surface area (Å²) in [7, 11) is 3.11. The molecule has 8 heteroatoms. The van der Waals surface area contributed by atoms with Gasteiger partial charge < -0.3 is 10.1 Å². The first kappa shape index (κ1) is 19.4. The fourth-order valence-electron chi connectivity index (χ4n) is 3.54. The lowest BCUT2D eigenvalue weighted by Crippen LogP contribution is -2.29. The average Bonchev–Trinajstić information content (AvgIpc) is 3.31. The second-order valence-corrected chi connectivity index (χ2v) is 8.08. The third-order valence-corrected chi connectivity index (χ3v) is 6.08. The molecule has 0 atom stereocenters. The first-order valence-electron chi connectivity index (χ1n) is 9.35. The number of aromatic nitrogens is 2. The number of methoxy groups -OCH3 is 1. The zero-order valence-corrected chi connectivity index (χ0v) is 17.2. The highest BCUT2D eigenvalue weighted by Crippen LogP contribution is 2.38. The van der Waals surface area contributed by atoms with E-state index in [4.69, 9.17) is 4.74 Å². The zero-order chi connectivity index (χ0) is 20.4. The van der Waals surface area contributed by atoms with E-state index in [1.165, 1.54) is 24.0 Å². The molecule has 0 spiro atoms. The van der Waals surface area contributed by atoms with E-state index in [2.05, 4.69) is 27.4 Å². The second-order valence-electron chi connectivity index (χ2n) is 6.97. The molecule has 7 nitrogen and oxygen atoms in total. The van der Waals surface area contributed by atoms with E-state index in [9.17, 15) is 9.59 Å². The summed E-state index contributed by atoms with van der Waals surface area (Å²) in [4.78, 5) is 28.5. The molecule has 29 heavy (non-hydrogen) atoms. The molecule has 1 amide bonds. The van der Waals surface area contributed by atoms with E-state index in [0.717, 1.165) is 36.5 Å². The topological polar surface area (TPSA) is 76.5 Å². The lowest BCUT2D eigenvalue weighted by molar-refractivity contribution is 0.0600. The summed E-state index contributed by atoms with van der Waals surface area (Å²) in [6, 6.07) is 12.0. The highest BCUT2D eigenvalue weighted by atomic mass is 32.1. The highest BCUT2D eigenvalue weighted by Gasteiger charge is 2.29. The molecule has 3 heterocycles. The maximum atomic E-state index is 12.6. The van der Waals surface area contributed by atoms with E-state index < -0.39 is 5.97 Å². The number of benzene rings is 1. The summed E-state index contributed by atoms with van der Waals surface area (Å²) in [5.41, 5.74) is 3.00. The van der Waals surface area contributed by atoms with Crippen LogP contribution < -0.4 is 5.32 Å². The van der Waals surface area contributed by atoms with Crippen LogP contribution in [-0.4, -0.2) is 40.2 Å². The van der Waals surface area contributed by atoms with Crippen molar-refractivity contribution in [2.75, 3.05) is 19.0 Å². The van der Waals surface area contributed by atoms with Crippen LogP contribution in [0.3, 0.4) is 0 Å². The molecule has 1 N–H and O–H groups in total.